The number of hydrogen-bond donors (Lipinski definition) is 0. The molecule has 0 aromatic heterocycles. The summed E-state index contributed by atoms with van der Waals surface area (Å²) in [6.45, 7) is 19.3. The number of hydrogen-bond acceptors (Lipinski definition) is 0. The maximum absolute atomic E-state index is 9.12. The van der Waals surface area contributed by atoms with Crippen LogP contribution in [0.1, 0.15) is 55.4 Å². The molecule has 123 valence electrons. The summed E-state index contributed by atoms with van der Waals surface area (Å²) in [6, 6.07) is 0. The molecule has 0 bridgehead atoms. The van der Waals surface area contributed by atoms with E-state index in [0.717, 1.165) is 22.6 Å². The summed E-state index contributed by atoms with van der Waals surface area (Å²) in [6.07, 6.45) is 3.01. The maximum atomic E-state index is 9.12. The van der Waals surface area contributed by atoms with Gasteiger partial charge in [0.25, 0.3) is 0 Å². The zero-order chi connectivity index (χ0) is 14.9. The second kappa shape index (κ2) is 14.2. The molecule has 0 aromatic carbocycles. The molecule has 0 nitrogen and oxygen atoms in total. The molecule has 0 aliphatic carbocycles. The van der Waals surface area contributed by atoms with Crippen molar-refractivity contribution in [2.24, 2.45) is 0 Å². The van der Waals surface area contributed by atoms with Gasteiger partial charge in [-0.2, -0.15) is 0 Å². The third kappa shape index (κ3) is 11.6. The van der Waals surface area contributed by atoms with Gasteiger partial charge in [0.1, 0.15) is 0 Å². The summed E-state index contributed by atoms with van der Waals surface area (Å²) >= 11 is 2.38. The van der Waals surface area contributed by atoms with Gasteiger partial charge in [-0.05, 0) is 35.0 Å². The van der Waals surface area contributed by atoms with E-state index in [1.807, 2.05) is 0 Å². The minimum absolute atomic E-state index is 0. The quantitative estimate of drug-likeness (QED) is 0.280. The number of halogens is 1. The average molecular weight is 355 g/mol. The van der Waals surface area contributed by atoms with Gasteiger partial charge in [0, 0.05) is 0 Å². The van der Waals surface area contributed by atoms with Crippen molar-refractivity contribution in [3.63, 3.8) is 0 Å². The predicted octanol–water partition coefficient (Wildman–Crippen LogP) is 6.45. The van der Waals surface area contributed by atoms with Crippen LogP contribution in [0.2, 0.25) is 0 Å². The summed E-state index contributed by atoms with van der Waals surface area (Å²) in [5.41, 5.74) is 3.63. The van der Waals surface area contributed by atoms with Crippen molar-refractivity contribution in [1.82, 2.24) is 0 Å². The molecule has 19 heavy (non-hydrogen) atoms. The molecule has 0 saturated carbocycles. The molecule has 0 unspecified atom stereocenters. The Morgan fingerprint density at radius 3 is 0.895 bits per heavy atom. The molecule has 0 aromatic rings. The third-order valence-electron chi connectivity index (χ3n) is 3.27. The molecule has 0 aliphatic heterocycles. The van der Waals surface area contributed by atoms with Crippen LogP contribution >= 0.6 is 15.8 Å². The third-order valence-corrected chi connectivity index (χ3v) is 10.4. The molecular formula is C15H35FNiP2-. The van der Waals surface area contributed by atoms with E-state index in [1.54, 1.807) is 0 Å². The van der Waals surface area contributed by atoms with Crippen molar-refractivity contribution in [2.75, 3.05) is 12.3 Å². The van der Waals surface area contributed by atoms with Crippen LogP contribution in [0.15, 0.2) is 0 Å². The van der Waals surface area contributed by atoms with E-state index in [-0.39, 0.29) is 23.3 Å². The Bertz CT molecular complexity index is 149. The molecule has 0 aliphatic rings. The van der Waals surface area contributed by atoms with Crippen LogP contribution in [0.5, 0.6) is 0 Å². The fourth-order valence-electron chi connectivity index (χ4n) is 2.46. The topological polar surface area (TPSA) is 0 Å². The van der Waals surface area contributed by atoms with Crippen LogP contribution in [0.4, 0.5) is 3.61 Å². The van der Waals surface area contributed by atoms with Gasteiger partial charge in [-0.1, -0.05) is 55.4 Å². The van der Waals surface area contributed by atoms with Crippen molar-refractivity contribution in [2.45, 2.75) is 78.0 Å². The Hall–Kier alpha value is 1.28. The van der Waals surface area contributed by atoms with Crippen LogP contribution in [-0.2, 0) is 15.9 Å². The van der Waals surface area contributed by atoms with Gasteiger partial charge in [-0.25, -0.2) is 0 Å². The molecule has 0 radical (unpaired) electrons. The van der Waals surface area contributed by atoms with Crippen molar-refractivity contribution >= 4 is 15.8 Å². The van der Waals surface area contributed by atoms with Crippen molar-refractivity contribution < 1.29 is 19.5 Å². The fourth-order valence-corrected chi connectivity index (χ4v) is 8.75. The van der Waals surface area contributed by atoms with Gasteiger partial charge in [-0.15, -0.1) is 15.8 Å². The van der Waals surface area contributed by atoms with Crippen LogP contribution < -0.4 is 0 Å². The fraction of sp³-hybridized carbons (Fsp3) is 0.933. The monoisotopic (exact) mass is 354 g/mol. The van der Waals surface area contributed by atoms with Crippen molar-refractivity contribution in [1.29, 1.82) is 0 Å². The van der Waals surface area contributed by atoms with Gasteiger partial charge < -0.3 is 7.43 Å². The molecule has 0 heterocycles. The van der Waals surface area contributed by atoms with Gasteiger partial charge in [0.2, 0.25) is 0 Å². The van der Waals surface area contributed by atoms with E-state index >= 15 is 0 Å². The van der Waals surface area contributed by atoms with E-state index in [9.17, 15) is 0 Å². The Kier molecular flexibility index (Phi) is 18.9. The minimum atomic E-state index is 0. The summed E-state index contributed by atoms with van der Waals surface area (Å²) in [5.74, 6) is 0. The summed E-state index contributed by atoms with van der Waals surface area (Å²) in [4.78, 5) is 0. The summed E-state index contributed by atoms with van der Waals surface area (Å²) in [7, 11) is 0.511. The zero-order valence-electron chi connectivity index (χ0n) is 14.3. The first kappa shape index (κ1) is 25.2. The van der Waals surface area contributed by atoms with Crippen LogP contribution in [0.25, 0.3) is 0 Å². The standard InChI is InChI=1S/C14H32P2.CH3.FH.Ni/c1-11(2)15(12(3)4)9-10-16(13(5)6)14(7)8;;;/h11-14H,9-10H2,1-8H3;1H3;1H;/q;-1;;+1/p-1. The Balaban J connectivity index is -0.000000809. The van der Waals surface area contributed by atoms with Crippen molar-refractivity contribution in [3.8, 4) is 0 Å². The molecule has 0 spiro atoms. The SMILES string of the molecule is CC(C)P(CCP(C(C)C)C(C)C)C(C)C.[CH3-].[F][Ni]. The molecule has 0 rings (SSSR count). The van der Waals surface area contributed by atoms with E-state index in [4.69, 9.17) is 3.61 Å². The summed E-state index contributed by atoms with van der Waals surface area (Å²) in [5, 5.41) is 0. The molecular weight excluding hydrogens is 320 g/mol. The molecule has 0 atom stereocenters. The summed E-state index contributed by atoms with van der Waals surface area (Å²) < 4.78 is 9.12. The Morgan fingerprint density at radius 1 is 0.632 bits per heavy atom. The predicted molar refractivity (Wildman–Crippen MR) is 91.6 cm³/mol. The molecule has 0 amide bonds. The van der Waals surface area contributed by atoms with Gasteiger partial charge in [0.05, 0.1) is 0 Å². The van der Waals surface area contributed by atoms with Gasteiger partial charge in [0.15, 0.2) is 0 Å². The van der Waals surface area contributed by atoms with E-state index in [1.165, 1.54) is 12.3 Å². The van der Waals surface area contributed by atoms with E-state index < -0.39 is 0 Å². The Labute approximate surface area is 133 Å². The van der Waals surface area contributed by atoms with Crippen LogP contribution in [0.3, 0.4) is 0 Å². The molecule has 0 saturated heterocycles. The normalized spacial score (nSPS) is 11.4. The van der Waals surface area contributed by atoms with Crippen molar-refractivity contribution in [3.05, 3.63) is 7.43 Å². The Morgan fingerprint density at radius 2 is 0.789 bits per heavy atom. The first-order valence-corrected chi connectivity index (χ1v) is 10.6. The van der Waals surface area contributed by atoms with Gasteiger partial charge >= 0.3 is 19.5 Å². The number of rotatable bonds is 7. The molecule has 0 N–H and O–H groups in total. The van der Waals surface area contributed by atoms with E-state index in [0.29, 0.717) is 0 Å². The van der Waals surface area contributed by atoms with Crippen LogP contribution in [-0.4, -0.2) is 35.0 Å². The zero-order valence-corrected chi connectivity index (χ0v) is 17.1. The van der Waals surface area contributed by atoms with Gasteiger partial charge in [-0.3, -0.25) is 0 Å². The molecule has 4 heteroatoms. The second-order valence-electron chi connectivity index (χ2n) is 5.85. The molecule has 0 fully saturated rings. The van der Waals surface area contributed by atoms with Crippen LogP contribution in [0, 0.1) is 7.43 Å². The second-order valence-corrected chi connectivity index (χ2v) is 12.9. The first-order valence-electron chi connectivity index (χ1n) is 6.90. The average Bonchev–Trinajstić information content (AvgIpc) is 2.24. The van der Waals surface area contributed by atoms with E-state index in [2.05, 4.69) is 71.3 Å². The first-order chi connectivity index (χ1) is 8.27.